The van der Waals surface area contributed by atoms with Crippen LogP contribution in [0.3, 0.4) is 0 Å². The van der Waals surface area contributed by atoms with Crippen LogP contribution < -0.4 is 5.32 Å². The van der Waals surface area contributed by atoms with Gasteiger partial charge < -0.3 is 15.2 Å². The number of carboxylic acid groups (broad SMARTS) is 1. The summed E-state index contributed by atoms with van der Waals surface area (Å²) in [5.41, 5.74) is 0.532. The van der Waals surface area contributed by atoms with E-state index >= 15 is 0 Å². The third-order valence-electron chi connectivity index (χ3n) is 2.97. The van der Waals surface area contributed by atoms with E-state index < -0.39 is 17.9 Å². The number of ether oxygens (including phenoxy) is 1. The summed E-state index contributed by atoms with van der Waals surface area (Å²) >= 11 is 0. The number of carbonyl (C=O) groups is 2. The molecule has 2 aromatic rings. The lowest BCUT2D eigenvalue weighted by Gasteiger charge is -2.10. The monoisotopic (exact) mass is 303 g/mol. The van der Waals surface area contributed by atoms with E-state index in [1.165, 1.54) is 12.1 Å². The number of alkyl carbamates (subject to hydrolysis) is 1. The van der Waals surface area contributed by atoms with Gasteiger partial charge in [0, 0.05) is 12.1 Å². The summed E-state index contributed by atoms with van der Waals surface area (Å²) in [5.74, 6) is -1.95. The molecule has 2 N–H and O–H groups in total. The van der Waals surface area contributed by atoms with Gasteiger partial charge in [-0.2, -0.15) is 0 Å². The first-order valence-corrected chi connectivity index (χ1v) is 6.53. The van der Waals surface area contributed by atoms with Crippen LogP contribution in [-0.2, 0) is 17.9 Å². The molecule has 6 heteroatoms. The molecule has 0 aliphatic heterocycles. The Labute approximate surface area is 126 Å². The number of amides is 1. The van der Waals surface area contributed by atoms with E-state index in [0.29, 0.717) is 0 Å². The smallest absolute Gasteiger partial charge is 0.407 e. The fraction of sp³-hybridized carbons (Fsp3) is 0.125. The van der Waals surface area contributed by atoms with E-state index in [4.69, 9.17) is 9.84 Å². The Balaban J connectivity index is 1.93. The van der Waals surface area contributed by atoms with Crippen LogP contribution in [0.2, 0.25) is 0 Å². The predicted octanol–water partition coefficient (Wildman–Crippen LogP) is 2.95. The van der Waals surface area contributed by atoms with Crippen molar-refractivity contribution < 1.29 is 23.8 Å². The summed E-state index contributed by atoms with van der Waals surface area (Å²) in [6.07, 6.45) is -0.747. The first-order chi connectivity index (χ1) is 10.6. The van der Waals surface area contributed by atoms with Crippen molar-refractivity contribution in [2.24, 2.45) is 0 Å². The van der Waals surface area contributed by atoms with Crippen molar-refractivity contribution in [3.8, 4) is 0 Å². The summed E-state index contributed by atoms with van der Waals surface area (Å²) in [6.45, 7) is -0.183. The quantitative estimate of drug-likeness (QED) is 0.890. The Morgan fingerprint density at radius 2 is 1.82 bits per heavy atom. The van der Waals surface area contributed by atoms with Gasteiger partial charge in [0.1, 0.15) is 12.4 Å². The maximum absolute atomic E-state index is 13.7. The van der Waals surface area contributed by atoms with Crippen molar-refractivity contribution in [3.63, 3.8) is 0 Å². The van der Waals surface area contributed by atoms with E-state index in [1.54, 1.807) is 12.1 Å². The maximum Gasteiger partial charge on any atom is 0.407 e. The number of aromatic carboxylic acids is 1. The average Bonchev–Trinajstić information content (AvgIpc) is 2.52. The Morgan fingerprint density at radius 1 is 1.09 bits per heavy atom. The summed E-state index contributed by atoms with van der Waals surface area (Å²) in [5, 5.41) is 11.3. The zero-order valence-electron chi connectivity index (χ0n) is 11.6. The lowest BCUT2D eigenvalue weighted by Crippen LogP contribution is -2.25. The molecule has 22 heavy (non-hydrogen) atoms. The number of nitrogens with one attached hydrogen (secondary N) is 1. The normalized spacial score (nSPS) is 10.0. The van der Waals surface area contributed by atoms with Gasteiger partial charge in [-0.15, -0.1) is 0 Å². The van der Waals surface area contributed by atoms with Crippen molar-refractivity contribution >= 4 is 12.1 Å². The number of hydrogen-bond donors (Lipinski definition) is 2. The highest BCUT2D eigenvalue weighted by Gasteiger charge is 2.15. The SMILES string of the molecule is O=C(NCc1c(F)cccc1C(=O)O)OCc1ccccc1. The molecule has 0 radical (unpaired) electrons. The first kappa shape index (κ1) is 15.5. The van der Waals surface area contributed by atoms with Gasteiger partial charge in [0.2, 0.25) is 0 Å². The van der Waals surface area contributed by atoms with Crippen molar-refractivity contribution in [2.75, 3.05) is 0 Å². The fourth-order valence-electron chi connectivity index (χ4n) is 1.87. The van der Waals surface area contributed by atoms with E-state index in [-0.39, 0.29) is 24.3 Å². The Morgan fingerprint density at radius 3 is 2.50 bits per heavy atom. The molecule has 0 saturated heterocycles. The Bertz CT molecular complexity index is 673. The molecule has 2 aromatic carbocycles. The van der Waals surface area contributed by atoms with E-state index in [0.717, 1.165) is 11.6 Å². The third kappa shape index (κ3) is 4.05. The molecule has 2 rings (SSSR count). The minimum absolute atomic E-state index is 0.0791. The highest BCUT2D eigenvalue weighted by molar-refractivity contribution is 5.89. The van der Waals surface area contributed by atoms with Crippen LogP contribution in [0.5, 0.6) is 0 Å². The number of benzene rings is 2. The van der Waals surface area contributed by atoms with Crippen LogP contribution in [-0.4, -0.2) is 17.2 Å². The lowest BCUT2D eigenvalue weighted by molar-refractivity contribution is 0.0694. The van der Waals surface area contributed by atoms with Gasteiger partial charge in [-0.05, 0) is 17.7 Å². The number of rotatable bonds is 5. The molecule has 0 heterocycles. The highest BCUT2D eigenvalue weighted by Crippen LogP contribution is 2.13. The number of carbonyl (C=O) groups excluding carboxylic acids is 1. The topological polar surface area (TPSA) is 75.6 Å². The molecular weight excluding hydrogens is 289 g/mol. The summed E-state index contributed by atoms with van der Waals surface area (Å²) < 4.78 is 18.6. The maximum atomic E-state index is 13.7. The van der Waals surface area contributed by atoms with E-state index in [9.17, 15) is 14.0 Å². The molecule has 0 unspecified atom stereocenters. The lowest BCUT2D eigenvalue weighted by atomic mass is 10.1. The van der Waals surface area contributed by atoms with Crippen LogP contribution >= 0.6 is 0 Å². The van der Waals surface area contributed by atoms with Crippen molar-refractivity contribution in [3.05, 3.63) is 71.0 Å². The van der Waals surface area contributed by atoms with Crippen LogP contribution in [0.1, 0.15) is 21.5 Å². The zero-order chi connectivity index (χ0) is 15.9. The molecular formula is C16H14FNO4. The van der Waals surface area contributed by atoms with E-state index in [2.05, 4.69) is 5.32 Å². The third-order valence-corrected chi connectivity index (χ3v) is 2.97. The van der Waals surface area contributed by atoms with Gasteiger partial charge in [0.25, 0.3) is 0 Å². The Kier molecular flexibility index (Phi) is 5.08. The van der Waals surface area contributed by atoms with Crippen molar-refractivity contribution in [1.29, 1.82) is 0 Å². The number of halogens is 1. The second-order valence-corrected chi connectivity index (χ2v) is 4.49. The van der Waals surface area contributed by atoms with Crippen LogP contribution in [0.15, 0.2) is 48.5 Å². The molecule has 0 saturated carbocycles. The highest BCUT2D eigenvalue weighted by atomic mass is 19.1. The van der Waals surface area contributed by atoms with Gasteiger partial charge >= 0.3 is 12.1 Å². The largest absolute Gasteiger partial charge is 0.478 e. The summed E-state index contributed by atoms with van der Waals surface area (Å²) in [6, 6.07) is 12.8. The molecule has 0 aliphatic carbocycles. The molecule has 0 bridgehead atoms. The average molecular weight is 303 g/mol. The second kappa shape index (κ2) is 7.21. The molecule has 1 amide bonds. The van der Waals surface area contributed by atoms with Crippen LogP contribution in [0, 0.1) is 5.82 Å². The molecule has 0 spiro atoms. The second-order valence-electron chi connectivity index (χ2n) is 4.49. The van der Waals surface area contributed by atoms with Gasteiger partial charge in [0.15, 0.2) is 0 Å². The van der Waals surface area contributed by atoms with Gasteiger partial charge in [-0.25, -0.2) is 14.0 Å². The van der Waals surface area contributed by atoms with Crippen molar-refractivity contribution in [2.45, 2.75) is 13.2 Å². The van der Waals surface area contributed by atoms with Gasteiger partial charge in [-0.3, -0.25) is 0 Å². The standard InChI is InChI=1S/C16H14FNO4/c17-14-8-4-7-12(15(19)20)13(14)9-18-16(21)22-10-11-5-2-1-3-6-11/h1-8H,9-10H2,(H,18,21)(H,19,20). The van der Waals surface area contributed by atoms with E-state index in [1.807, 2.05) is 18.2 Å². The molecule has 0 fully saturated rings. The molecule has 0 aromatic heterocycles. The molecule has 5 nitrogen and oxygen atoms in total. The fourth-order valence-corrected chi connectivity index (χ4v) is 1.87. The predicted molar refractivity (Wildman–Crippen MR) is 76.8 cm³/mol. The first-order valence-electron chi connectivity index (χ1n) is 6.53. The molecule has 114 valence electrons. The molecule has 0 atom stereocenters. The van der Waals surface area contributed by atoms with Crippen LogP contribution in [0.4, 0.5) is 9.18 Å². The summed E-state index contributed by atoms with van der Waals surface area (Å²) in [4.78, 5) is 22.6. The van der Waals surface area contributed by atoms with Gasteiger partial charge in [0.05, 0.1) is 5.56 Å². The minimum Gasteiger partial charge on any atom is -0.478 e. The van der Waals surface area contributed by atoms with Crippen molar-refractivity contribution in [1.82, 2.24) is 5.32 Å². The van der Waals surface area contributed by atoms with Crippen LogP contribution in [0.25, 0.3) is 0 Å². The number of carboxylic acids is 1. The minimum atomic E-state index is -1.26. The number of hydrogen-bond acceptors (Lipinski definition) is 3. The van der Waals surface area contributed by atoms with Gasteiger partial charge in [-0.1, -0.05) is 36.4 Å². The molecule has 0 aliphatic rings. The Hall–Kier alpha value is -2.89. The summed E-state index contributed by atoms with van der Waals surface area (Å²) in [7, 11) is 0. The zero-order valence-corrected chi connectivity index (χ0v) is 11.6.